The molecule has 1 heterocycles. The minimum atomic E-state index is 0.281. The van der Waals surface area contributed by atoms with Crippen LogP contribution in [0.5, 0.6) is 11.5 Å². The van der Waals surface area contributed by atoms with Crippen molar-refractivity contribution in [3.63, 3.8) is 0 Å². The number of phenolic OH excluding ortho intramolecular Hbond substituents is 1. The smallest absolute Gasteiger partial charge is 0.124 e. The minimum absolute atomic E-state index is 0.281. The van der Waals surface area contributed by atoms with Gasteiger partial charge in [0.15, 0.2) is 0 Å². The summed E-state index contributed by atoms with van der Waals surface area (Å²) in [7, 11) is 1.62. The van der Waals surface area contributed by atoms with Gasteiger partial charge in [0, 0.05) is 43.9 Å². The summed E-state index contributed by atoms with van der Waals surface area (Å²) in [6, 6.07) is 5.93. The van der Waals surface area contributed by atoms with Gasteiger partial charge in [-0.15, -0.1) is 0 Å². The van der Waals surface area contributed by atoms with E-state index in [9.17, 15) is 5.11 Å². The van der Waals surface area contributed by atoms with E-state index >= 15 is 0 Å². The number of benzene rings is 1. The van der Waals surface area contributed by atoms with E-state index in [1.54, 1.807) is 13.2 Å². The first-order valence-electron chi connectivity index (χ1n) is 7.43. The molecule has 1 aliphatic rings. The Labute approximate surface area is 121 Å². The second-order valence-electron chi connectivity index (χ2n) is 5.86. The molecule has 20 heavy (non-hydrogen) atoms. The zero-order valence-corrected chi connectivity index (χ0v) is 12.7. The van der Waals surface area contributed by atoms with Gasteiger partial charge in [0.2, 0.25) is 0 Å². The highest BCUT2D eigenvalue weighted by Gasteiger charge is 2.25. The van der Waals surface area contributed by atoms with E-state index in [1.165, 1.54) is 0 Å². The number of ether oxygens (including phenoxy) is 1. The van der Waals surface area contributed by atoms with Gasteiger partial charge in [-0.3, -0.25) is 4.90 Å². The molecule has 0 aliphatic carbocycles. The Hall–Kier alpha value is -1.26. The van der Waals surface area contributed by atoms with Crippen LogP contribution >= 0.6 is 0 Å². The summed E-state index contributed by atoms with van der Waals surface area (Å²) in [5, 5.41) is 13.7. The second-order valence-corrected chi connectivity index (χ2v) is 5.86. The molecule has 0 bridgehead atoms. The maximum Gasteiger partial charge on any atom is 0.124 e. The van der Waals surface area contributed by atoms with Crippen molar-refractivity contribution < 1.29 is 9.84 Å². The van der Waals surface area contributed by atoms with Gasteiger partial charge < -0.3 is 15.2 Å². The van der Waals surface area contributed by atoms with Crippen molar-refractivity contribution in [3.05, 3.63) is 23.8 Å². The van der Waals surface area contributed by atoms with Crippen LogP contribution in [0.2, 0.25) is 0 Å². The van der Waals surface area contributed by atoms with Crippen molar-refractivity contribution in [2.75, 3.05) is 33.3 Å². The molecule has 0 aromatic heterocycles. The number of phenols is 1. The molecular weight excluding hydrogens is 252 g/mol. The van der Waals surface area contributed by atoms with Crippen LogP contribution in [0.3, 0.4) is 0 Å². The molecule has 0 spiro atoms. The van der Waals surface area contributed by atoms with Crippen LogP contribution in [0.15, 0.2) is 18.2 Å². The molecule has 1 aromatic rings. The monoisotopic (exact) mass is 278 g/mol. The maximum atomic E-state index is 10.3. The van der Waals surface area contributed by atoms with Crippen LogP contribution in [0, 0.1) is 5.92 Å². The van der Waals surface area contributed by atoms with E-state index in [0.29, 0.717) is 17.4 Å². The number of hydrogen-bond donors (Lipinski definition) is 2. The largest absolute Gasteiger partial charge is 0.507 e. The highest BCUT2D eigenvalue weighted by atomic mass is 16.5. The lowest BCUT2D eigenvalue weighted by Crippen LogP contribution is -2.45. The Morgan fingerprint density at radius 2 is 2.00 bits per heavy atom. The Bertz CT molecular complexity index is 428. The molecular formula is C16H26N2O2. The molecule has 2 N–H and O–H groups in total. The first kappa shape index (κ1) is 15.1. The Morgan fingerprint density at radius 1 is 1.30 bits per heavy atom. The van der Waals surface area contributed by atoms with Crippen LogP contribution in [0.1, 0.15) is 31.9 Å². The number of methoxy groups -OCH3 is 1. The van der Waals surface area contributed by atoms with E-state index in [4.69, 9.17) is 4.74 Å². The number of nitrogens with zero attached hydrogens (tertiary/aromatic N) is 1. The van der Waals surface area contributed by atoms with Crippen molar-refractivity contribution in [2.24, 2.45) is 5.92 Å². The van der Waals surface area contributed by atoms with Crippen LogP contribution in [0.4, 0.5) is 0 Å². The van der Waals surface area contributed by atoms with E-state index < -0.39 is 0 Å². The van der Waals surface area contributed by atoms with Gasteiger partial charge in [0.1, 0.15) is 11.5 Å². The average Bonchev–Trinajstić information content (AvgIpc) is 2.45. The van der Waals surface area contributed by atoms with Crippen LogP contribution < -0.4 is 10.1 Å². The molecule has 0 radical (unpaired) electrons. The first-order valence-corrected chi connectivity index (χ1v) is 7.43. The quantitative estimate of drug-likeness (QED) is 0.868. The lowest BCUT2D eigenvalue weighted by Gasteiger charge is -2.36. The highest BCUT2D eigenvalue weighted by molar-refractivity contribution is 5.41. The molecule has 0 saturated carbocycles. The molecule has 0 unspecified atom stereocenters. The molecule has 1 fully saturated rings. The summed E-state index contributed by atoms with van der Waals surface area (Å²) in [4.78, 5) is 2.47. The third-order valence-corrected chi connectivity index (χ3v) is 3.88. The van der Waals surface area contributed by atoms with E-state index in [-0.39, 0.29) is 6.04 Å². The fourth-order valence-corrected chi connectivity index (χ4v) is 2.85. The number of nitrogens with one attached hydrogen (secondary N) is 1. The standard InChI is InChI=1S/C16H26N2O2/c1-12(2)10-15(18-8-6-17-7-9-18)14-5-4-13(20-3)11-16(14)19/h4-5,11-12,15,17,19H,6-10H2,1-3H3/t15-/m1/s1. The molecule has 1 saturated heterocycles. The molecule has 1 aliphatic heterocycles. The lowest BCUT2D eigenvalue weighted by atomic mass is 9.94. The van der Waals surface area contributed by atoms with E-state index in [1.807, 2.05) is 12.1 Å². The van der Waals surface area contributed by atoms with Crippen LogP contribution in [-0.2, 0) is 0 Å². The van der Waals surface area contributed by atoms with Gasteiger partial charge in [-0.25, -0.2) is 0 Å². The second kappa shape index (κ2) is 6.95. The van der Waals surface area contributed by atoms with Crippen molar-refractivity contribution in [1.29, 1.82) is 0 Å². The molecule has 0 amide bonds. The minimum Gasteiger partial charge on any atom is -0.507 e. The Balaban J connectivity index is 2.25. The van der Waals surface area contributed by atoms with Gasteiger partial charge in [-0.1, -0.05) is 19.9 Å². The van der Waals surface area contributed by atoms with Crippen LogP contribution in [-0.4, -0.2) is 43.3 Å². The van der Waals surface area contributed by atoms with Crippen molar-refractivity contribution in [2.45, 2.75) is 26.3 Å². The van der Waals surface area contributed by atoms with Crippen LogP contribution in [0.25, 0.3) is 0 Å². The summed E-state index contributed by atoms with van der Waals surface area (Å²) in [5.74, 6) is 1.64. The molecule has 2 rings (SSSR count). The molecule has 112 valence electrons. The van der Waals surface area contributed by atoms with Gasteiger partial charge in [0.05, 0.1) is 7.11 Å². The Morgan fingerprint density at radius 3 is 2.55 bits per heavy atom. The zero-order valence-electron chi connectivity index (χ0n) is 12.7. The first-order chi connectivity index (χ1) is 9.61. The van der Waals surface area contributed by atoms with Gasteiger partial charge >= 0.3 is 0 Å². The topological polar surface area (TPSA) is 44.7 Å². The fourth-order valence-electron chi connectivity index (χ4n) is 2.85. The average molecular weight is 278 g/mol. The van der Waals surface area contributed by atoms with Gasteiger partial charge in [0.25, 0.3) is 0 Å². The fraction of sp³-hybridized carbons (Fsp3) is 0.625. The van der Waals surface area contributed by atoms with Crippen molar-refractivity contribution >= 4 is 0 Å². The zero-order chi connectivity index (χ0) is 14.5. The van der Waals surface area contributed by atoms with E-state index in [0.717, 1.165) is 38.2 Å². The Kier molecular flexibility index (Phi) is 5.26. The van der Waals surface area contributed by atoms with E-state index in [2.05, 4.69) is 24.1 Å². The molecule has 1 atom stereocenters. The lowest BCUT2D eigenvalue weighted by molar-refractivity contribution is 0.151. The molecule has 4 heteroatoms. The molecule has 4 nitrogen and oxygen atoms in total. The van der Waals surface area contributed by atoms with Crippen molar-refractivity contribution in [1.82, 2.24) is 10.2 Å². The summed E-state index contributed by atoms with van der Waals surface area (Å²) < 4.78 is 5.17. The summed E-state index contributed by atoms with van der Waals surface area (Å²) in [6.45, 7) is 8.56. The van der Waals surface area contributed by atoms with Gasteiger partial charge in [-0.05, 0) is 18.4 Å². The summed E-state index contributed by atoms with van der Waals surface area (Å²) >= 11 is 0. The predicted molar refractivity (Wildman–Crippen MR) is 81.3 cm³/mol. The van der Waals surface area contributed by atoms with Crippen molar-refractivity contribution in [3.8, 4) is 11.5 Å². The molecule has 1 aromatic carbocycles. The number of hydrogen-bond acceptors (Lipinski definition) is 4. The number of piperazine rings is 1. The number of rotatable bonds is 5. The third-order valence-electron chi connectivity index (χ3n) is 3.88. The highest BCUT2D eigenvalue weighted by Crippen LogP contribution is 2.35. The SMILES string of the molecule is COc1ccc([C@@H](CC(C)C)N2CCNCC2)c(O)c1. The maximum absolute atomic E-state index is 10.3. The summed E-state index contributed by atoms with van der Waals surface area (Å²) in [6.07, 6.45) is 1.06. The van der Waals surface area contributed by atoms with Gasteiger partial charge in [-0.2, -0.15) is 0 Å². The number of aromatic hydroxyl groups is 1. The third kappa shape index (κ3) is 3.64. The summed E-state index contributed by atoms with van der Waals surface area (Å²) in [5.41, 5.74) is 1.02. The normalized spacial score (nSPS) is 18.2. The predicted octanol–water partition coefficient (Wildman–Crippen LogP) is 2.39.